The van der Waals surface area contributed by atoms with Crippen molar-refractivity contribution in [2.45, 2.75) is 12.8 Å². The molecule has 3 N–H and O–H groups in total. The molecule has 0 fully saturated rings. The number of carbonyl (C=O) groups is 1. The number of halogens is 1. The molecule has 0 amide bonds. The van der Waals surface area contributed by atoms with Crippen molar-refractivity contribution in [3.63, 3.8) is 0 Å². The van der Waals surface area contributed by atoms with Crippen LogP contribution in [-0.2, 0) is 9.53 Å². The van der Waals surface area contributed by atoms with Gasteiger partial charge in [0.1, 0.15) is 5.82 Å². The summed E-state index contributed by atoms with van der Waals surface area (Å²) in [4.78, 5) is 41.0. The number of benzene rings is 1. The van der Waals surface area contributed by atoms with Gasteiger partial charge in [0, 0.05) is 10.7 Å². The Morgan fingerprint density at radius 2 is 1.83 bits per heavy atom. The van der Waals surface area contributed by atoms with Gasteiger partial charge in [0.15, 0.2) is 0 Å². The zero-order chi connectivity index (χ0) is 17.4. The molecule has 1 aliphatic heterocycles. The maximum absolute atomic E-state index is 12.4. The molecule has 0 radical (unpaired) electrons. The van der Waals surface area contributed by atoms with Crippen LogP contribution in [0.2, 0.25) is 5.02 Å². The Balaban J connectivity index is 2.31. The number of aromatic amines is 2. The number of methoxy groups -OCH3 is 1. The van der Waals surface area contributed by atoms with E-state index in [-0.39, 0.29) is 11.4 Å². The molecule has 0 bridgehead atoms. The number of fused-ring (bicyclic) bond motifs is 1. The topological polar surface area (TPSA) is 104 Å². The third-order valence-corrected chi connectivity index (χ3v) is 4.13. The normalized spacial score (nSPS) is 16.4. The van der Waals surface area contributed by atoms with Gasteiger partial charge in [0.2, 0.25) is 0 Å². The molecule has 0 saturated heterocycles. The molecule has 1 aliphatic rings. The van der Waals surface area contributed by atoms with Crippen LogP contribution < -0.4 is 16.6 Å². The molecular formula is C16H14ClN3O4. The Kier molecular flexibility index (Phi) is 4.02. The van der Waals surface area contributed by atoms with Crippen LogP contribution in [0.3, 0.4) is 0 Å². The van der Waals surface area contributed by atoms with Crippen molar-refractivity contribution < 1.29 is 9.53 Å². The predicted molar refractivity (Wildman–Crippen MR) is 89.3 cm³/mol. The first-order valence-corrected chi connectivity index (χ1v) is 7.48. The van der Waals surface area contributed by atoms with Gasteiger partial charge in [-0.15, -0.1) is 0 Å². The zero-order valence-electron chi connectivity index (χ0n) is 12.9. The van der Waals surface area contributed by atoms with Crippen LogP contribution in [0.25, 0.3) is 0 Å². The van der Waals surface area contributed by atoms with Crippen molar-refractivity contribution in [3.05, 3.63) is 72.5 Å². The number of rotatable bonds is 2. The highest BCUT2D eigenvalue weighted by atomic mass is 35.5. The summed E-state index contributed by atoms with van der Waals surface area (Å²) in [6, 6.07) is 6.79. The number of esters is 1. The molecule has 0 aliphatic carbocycles. The van der Waals surface area contributed by atoms with Crippen LogP contribution in [0.5, 0.6) is 0 Å². The molecule has 2 aromatic rings. The molecule has 1 aromatic heterocycles. The maximum atomic E-state index is 12.4. The highest BCUT2D eigenvalue weighted by Crippen LogP contribution is 2.39. The lowest BCUT2D eigenvalue weighted by Gasteiger charge is -2.28. The van der Waals surface area contributed by atoms with Crippen molar-refractivity contribution in [1.29, 1.82) is 0 Å². The first-order valence-electron chi connectivity index (χ1n) is 7.10. The highest BCUT2D eigenvalue weighted by molar-refractivity contribution is 6.30. The minimum atomic E-state index is -0.688. The van der Waals surface area contributed by atoms with E-state index in [0.717, 1.165) is 0 Å². The number of carbonyl (C=O) groups excluding carboxylic acids is 1. The summed E-state index contributed by atoms with van der Waals surface area (Å²) in [5.74, 6) is -0.989. The standard InChI is InChI=1S/C16H14ClN3O4/c1-7-10(15(22)24-2)11(8-3-5-9(17)6-4-8)12-13(18-7)19-16(23)20-14(12)21/h3-6,11H,1-2H3,(H3,18,19,20,21,23)/t11-/m0/s1. The van der Waals surface area contributed by atoms with Crippen molar-refractivity contribution in [1.82, 2.24) is 9.97 Å². The summed E-state index contributed by atoms with van der Waals surface area (Å²) in [6.45, 7) is 1.68. The second kappa shape index (κ2) is 6.01. The van der Waals surface area contributed by atoms with Crippen LogP contribution in [0.4, 0.5) is 5.82 Å². The van der Waals surface area contributed by atoms with E-state index in [1.807, 2.05) is 0 Å². The summed E-state index contributed by atoms with van der Waals surface area (Å²) in [6.07, 6.45) is 0. The average Bonchev–Trinajstić information content (AvgIpc) is 2.53. The molecule has 3 rings (SSSR count). The van der Waals surface area contributed by atoms with Crippen LogP contribution >= 0.6 is 11.6 Å². The number of H-pyrrole nitrogens is 2. The quantitative estimate of drug-likeness (QED) is 0.718. The van der Waals surface area contributed by atoms with E-state index >= 15 is 0 Å². The monoisotopic (exact) mass is 347 g/mol. The lowest BCUT2D eigenvalue weighted by atomic mass is 9.82. The van der Waals surface area contributed by atoms with E-state index in [2.05, 4.69) is 15.3 Å². The summed E-state index contributed by atoms with van der Waals surface area (Å²) >= 11 is 5.93. The largest absolute Gasteiger partial charge is 0.466 e. The minimum Gasteiger partial charge on any atom is -0.466 e. The van der Waals surface area contributed by atoms with Crippen LogP contribution in [0.1, 0.15) is 24.0 Å². The second-order valence-electron chi connectivity index (χ2n) is 5.34. The fourth-order valence-corrected chi connectivity index (χ4v) is 2.98. The van der Waals surface area contributed by atoms with Crippen molar-refractivity contribution in [2.75, 3.05) is 12.4 Å². The van der Waals surface area contributed by atoms with E-state index in [1.54, 1.807) is 31.2 Å². The van der Waals surface area contributed by atoms with Crippen LogP contribution in [0.15, 0.2) is 45.1 Å². The second-order valence-corrected chi connectivity index (χ2v) is 5.77. The maximum Gasteiger partial charge on any atom is 0.336 e. The first kappa shape index (κ1) is 16.1. The van der Waals surface area contributed by atoms with Crippen LogP contribution in [-0.4, -0.2) is 23.0 Å². The van der Waals surface area contributed by atoms with Gasteiger partial charge in [-0.1, -0.05) is 23.7 Å². The predicted octanol–water partition coefficient (Wildman–Crippen LogP) is 1.72. The van der Waals surface area contributed by atoms with Gasteiger partial charge in [0.05, 0.1) is 24.2 Å². The Morgan fingerprint density at radius 3 is 2.46 bits per heavy atom. The SMILES string of the molecule is COC(=O)C1=C(C)Nc2[nH]c(=O)[nH]c(=O)c2[C@H]1c1ccc(Cl)cc1. The highest BCUT2D eigenvalue weighted by Gasteiger charge is 2.35. The van der Waals surface area contributed by atoms with Crippen molar-refractivity contribution in [2.24, 2.45) is 0 Å². The molecule has 0 unspecified atom stereocenters. The third-order valence-electron chi connectivity index (χ3n) is 3.88. The third kappa shape index (κ3) is 2.63. The van der Waals surface area contributed by atoms with E-state index in [1.165, 1.54) is 7.11 Å². The van der Waals surface area contributed by atoms with E-state index in [4.69, 9.17) is 16.3 Å². The number of allylic oxidation sites excluding steroid dienone is 1. The van der Waals surface area contributed by atoms with Gasteiger partial charge in [-0.05, 0) is 24.6 Å². The first-order chi connectivity index (χ1) is 11.4. The Hall–Kier alpha value is -2.80. The van der Waals surface area contributed by atoms with Gasteiger partial charge in [0.25, 0.3) is 5.56 Å². The summed E-state index contributed by atoms with van der Waals surface area (Å²) < 4.78 is 4.87. The molecular weight excluding hydrogens is 334 g/mol. The van der Waals surface area contributed by atoms with Crippen molar-refractivity contribution in [3.8, 4) is 0 Å². The minimum absolute atomic E-state index is 0.239. The van der Waals surface area contributed by atoms with Crippen molar-refractivity contribution >= 4 is 23.4 Å². The number of anilines is 1. The number of hydrogen-bond donors (Lipinski definition) is 3. The number of nitrogens with one attached hydrogen (secondary N) is 3. The Bertz CT molecular complexity index is 957. The molecule has 124 valence electrons. The Morgan fingerprint density at radius 1 is 1.17 bits per heavy atom. The van der Waals surface area contributed by atoms with E-state index in [9.17, 15) is 14.4 Å². The number of ether oxygens (including phenoxy) is 1. The fourth-order valence-electron chi connectivity index (χ4n) is 2.86. The van der Waals surface area contributed by atoms with Gasteiger partial charge < -0.3 is 10.1 Å². The van der Waals surface area contributed by atoms with Gasteiger partial charge in [-0.2, -0.15) is 0 Å². The zero-order valence-corrected chi connectivity index (χ0v) is 13.7. The average molecular weight is 348 g/mol. The summed E-state index contributed by atoms with van der Waals surface area (Å²) in [5.41, 5.74) is 0.508. The fraction of sp³-hybridized carbons (Fsp3) is 0.188. The molecule has 0 spiro atoms. The Labute approximate surface area is 141 Å². The lowest BCUT2D eigenvalue weighted by Crippen LogP contribution is -2.34. The molecule has 0 saturated carbocycles. The van der Waals surface area contributed by atoms with Crippen LogP contribution in [0, 0.1) is 0 Å². The molecule has 2 heterocycles. The molecule has 7 nitrogen and oxygen atoms in total. The smallest absolute Gasteiger partial charge is 0.336 e. The van der Waals surface area contributed by atoms with Gasteiger partial charge in [-0.3, -0.25) is 14.8 Å². The number of aromatic nitrogens is 2. The van der Waals surface area contributed by atoms with E-state index < -0.39 is 23.1 Å². The molecule has 24 heavy (non-hydrogen) atoms. The number of hydrogen-bond acceptors (Lipinski definition) is 5. The lowest BCUT2D eigenvalue weighted by molar-refractivity contribution is -0.136. The molecule has 1 aromatic carbocycles. The van der Waals surface area contributed by atoms with Gasteiger partial charge >= 0.3 is 11.7 Å². The molecule has 8 heteroatoms. The van der Waals surface area contributed by atoms with Gasteiger partial charge in [-0.25, -0.2) is 9.59 Å². The molecule has 1 atom stereocenters. The summed E-state index contributed by atoms with van der Waals surface area (Å²) in [7, 11) is 1.27. The van der Waals surface area contributed by atoms with E-state index in [0.29, 0.717) is 21.9 Å². The summed E-state index contributed by atoms with van der Waals surface area (Å²) in [5, 5.41) is 3.43.